The minimum absolute atomic E-state index is 0.0554. The summed E-state index contributed by atoms with van der Waals surface area (Å²) in [6.07, 6.45) is 1.53. The van der Waals surface area contributed by atoms with Crippen LogP contribution in [0, 0.1) is 11.8 Å². The van der Waals surface area contributed by atoms with Crippen molar-refractivity contribution in [2.45, 2.75) is 46.1 Å². The lowest BCUT2D eigenvalue weighted by Crippen LogP contribution is -2.55. The van der Waals surface area contributed by atoms with Crippen molar-refractivity contribution in [2.75, 3.05) is 0 Å². The number of carbonyl (C=O) groups is 1. The Balaban J connectivity index is 3.20. The van der Waals surface area contributed by atoms with Gasteiger partial charge in [-0.3, -0.25) is 0 Å². The number of ether oxygens (including phenoxy) is 1. The summed E-state index contributed by atoms with van der Waals surface area (Å²) in [6, 6.07) is 9.22. The first-order valence-corrected chi connectivity index (χ1v) is 6.96. The average molecular weight is 264 g/mol. The highest BCUT2D eigenvalue weighted by atomic mass is 16.5. The highest BCUT2D eigenvalue weighted by molar-refractivity contribution is 5.79. The summed E-state index contributed by atoms with van der Waals surface area (Å²) in [6.45, 7) is 7.89. The minimum atomic E-state index is -1.16. The highest BCUT2D eigenvalue weighted by Gasteiger charge is 2.49. The Morgan fingerprint density at radius 3 is 2.00 bits per heavy atom. The van der Waals surface area contributed by atoms with Gasteiger partial charge in [0.1, 0.15) is 5.75 Å². The number of carboxylic acid groups (broad SMARTS) is 1. The van der Waals surface area contributed by atoms with Gasteiger partial charge in [0.25, 0.3) is 0 Å². The van der Waals surface area contributed by atoms with Crippen LogP contribution in [0.25, 0.3) is 0 Å². The molecule has 0 aromatic heterocycles. The van der Waals surface area contributed by atoms with E-state index in [4.69, 9.17) is 4.74 Å². The molecule has 0 spiro atoms. The summed E-state index contributed by atoms with van der Waals surface area (Å²) in [5.41, 5.74) is -1.16. The molecule has 0 aliphatic heterocycles. The predicted octanol–water partition coefficient (Wildman–Crippen LogP) is 3.98. The summed E-state index contributed by atoms with van der Waals surface area (Å²) in [5, 5.41) is 9.76. The summed E-state index contributed by atoms with van der Waals surface area (Å²) >= 11 is 0. The second kappa shape index (κ2) is 6.60. The number of benzene rings is 1. The van der Waals surface area contributed by atoms with Gasteiger partial charge in [-0.15, -0.1) is 0 Å². The van der Waals surface area contributed by atoms with Gasteiger partial charge in [0.2, 0.25) is 5.60 Å². The fourth-order valence-corrected chi connectivity index (χ4v) is 2.44. The number of para-hydroxylation sites is 1. The monoisotopic (exact) mass is 264 g/mol. The predicted molar refractivity (Wildman–Crippen MR) is 76.3 cm³/mol. The Labute approximate surface area is 115 Å². The van der Waals surface area contributed by atoms with Crippen molar-refractivity contribution in [3.05, 3.63) is 30.3 Å². The molecule has 0 saturated carbocycles. The van der Waals surface area contributed by atoms with Gasteiger partial charge in [0.05, 0.1) is 0 Å². The van der Waals surface area contributed by atoms with Gasteiger partial charge in [-0.2, -0.15) is 0 Å². The van der Waals surface area contributed by atoms with Gasteiger partial charge in [-0.05, 0) is 25.0 Å². The van der Waals surface area contributed by atoms with Crippen LogP contribution in [-0.4, -0.2) is 16.7 Å². The molecule has 3 heteroatoms. The zero-order valence-electron chi connectivity index (χ0n) is 12.2. The standard InChI is InChI=1S/C16H24O3/c1-5-12(3)16(15(17)18,13(4)6-2)19-14-10-8-7-9-11-14/h7-13H,5-6H2,1-4H3,(H,17,18). The van der Waals surface area contributed by atoms with Gasteiger partial charge in [-0.1, -0.05) is 45.9 Å². The van der Waals surface area contributed by atoms with Crippen molar-refractivity contribution in [2.24, 2.45) is 11.8 Å². The van der Waals surface area contributed by atoms with Crippen LogP contribution < -0.4 is 4.74 Å². The lowest BCUT2D eigenvalue weighted by molar-refractivity contribution is -0.167. The maximum atomic E-state index is 11.9. The smallest absolute Gasteiger partial charge is 0.348 e. The first-order valence-electron chi connectivity index (χ1n) is 6.96. The third kappa shape index (κ3) is 3.09. The molecule has 3 nitrogen and oxygen atoms in total. The zero-order chi connectivity index (χ0) is 14.5. The van der Waals surface area contributed by atoms with E-state index in [1.807, 2.05) is 58.0 Å². The van der Waals surface area contributed by atoms with Gasteiger partial charge in [0.15, 0.2) is 0 Å². The summed E-state index contributed by atoms with van der Waals surface area (Å²) in [4.78, 5) is 11.9. The molecule has 0 bridgehead atoms. The van der Waals surface area contributed by atoms with Gasteiger partial charge < -0.3 is 9.84 Å². The molecule has 106 valence electrons. The van der Waals surface area contributed by atoms with Crippen LogP contribution in [0.3, 0.4) is 0 Å². The van der Waals surface area contributed by atoms with Crippen molar-refractivity contribution in [3.8, 4) is 5.75 Å². The topological polar surface area (TPSA) is 46.5 Å². The molecule has 0 radical (unpaired) electrons. The Morgan fingerprint density at radius 2 is 1.63 bits per heavy atom. The molecular weight excluding hydrogens is 240 g/mol. The van der Waals surface area contributed by atoms with Crippen molar-refractivity contribution in [1.82, 2.24) is 0 Å². The van der Waals surface area contributed by atoms with E-state index >= 15 is 0 Å². The fraction of sp³-hybridized carbons (Fsp3) is 0.562. The molecule has 1 aromatic carbocycles. The summed E-state index contributed by atoms with van der Waals surface area (Å²) in [5.74, 6) is -0.370. The summed E-state index contributed by atoms with van der Waals surface area (Å²) in [7, 11) is 0. The van der Waals surface area contributed by atoms with Gasteiger partial charge >= 0.3 is 5.97 Å². The van der Waals surface area contributed by atoms with Crippen molar-refractivity contribution < 1.29 is 14.6 Å². The molecule has 19 heavy (non-hydrogen) atoms. The Kier molecular flexibility index (Phi) is 5.40. The van der Waals surface area contributed by atoms with Crippen LogP contribution in [0.2, 0.25) is 0 Å². The van der Waals surface area contributed by atoms with Crippen LogP contribution >= 0.6 is 0 Å². The molecule has 0 aliphatic rings. The number of aliphatic carboxylic acids is 1. The Morgan fingerprint density at radius 1 is 1.16 bits per heavy atom. The molecule has 0 amide bonds. The SMILES string of the molecule is CCC(C)C(Oc1ccccc1)(C(=O)O)C(C)CC. The molecule has 0 fully saturated rings. The zero-order valence-corrected chi connectivity index (χ0v) is 12.2. The van der Waals surface area contributed by atoms with Gasteiger partial charge in [-0.25, -0.2) is 4.79 Å². The van der Waals surface area contributed by atoms with Crippen LogP contribution in [0.4, 0.5) is 0 Å². The number of hydrogen-bond acceptors (Lipinski definition) is 2. The third-order valence-corrected chi connectivity index (χ3v) is 4.05. The molecule has 0 heterocycles. The van der Waals surface area contributed by atoms with Crippen LogP contribution in [0.5, 0.6) is 5.75 Å². The number of rotatable bonds is 7. The van der Waals surface area contributed by atoms with E-state index in [9.17, 15) is 9.90 Å². The Hall–Kier alpha value is -1.51. The van der Waals surface area contributed by atoms with Crippen LogP contribution in [0.15, 0.2) is 30.3 Å². The van der Waals surface area contributed by atoms with E-state index in [1.54, 1.807) is 0 Å². The molecule has 1 aromatic rings. The third-order valence-electron chi connectivity index (χ3n) is 4.05. The van der Waals surface area contributed by atoms with E-state index in [0.29, 0.717) is 5.75 Å². The van der Waals surface area contributed by atoms with Crippen molar-refractivity contribution in [1.29, 1.82) is 0 Å². The molecule has 0 aliphatic carbocycles. The van der Waals surface area contributed by atoms with Gasteiger partial charge in [0, 0.05) is 11.8 Å². The van der Waals surface area contributed by atoms with E-state index in [1.165, 1.54) is 0 Å². The van der Waals surface area contributed by atoms with Crippen molar-refractivity contribution >= 4 is 5.97 Å². The Bertz CT molecular complexity index is 390. The second-order valence-electron chi connectivity index (χ2n) is 5.13. The molecule has 1 rings (SSSR count). The van der Waals surface area contributed by atoms with E-state index in [-0.39, 0.29) is 11.8 Å². The summed E-state index contributed by atoms with van der Waals surface area (Å²) < 4.78 is 5.97. The quantitative estimate of drug-likeness (QED) is 0.810. The van der Waals surface area contributed by atoms with E-state index in [2.05, 4.69) is 0 Å². The number of hydrogen-bond donors (Lipinski definition) is 1. The van der Waals surface area contributed by atoms with Crippen LogP contribution in [-0.2, 0) is 4.79 Å². The minimum Gasteiger partial charge on any atom is -0.478 e. The molecule has 2 atom stereocenters. The average Bonchev–Trinajstić information content (AvgIpc) is 2.43. The first-order chi connectivity index (χ1) is 8.98. The maximum Gasteiger partial charge on any atom is 0.348 e. The molecule has 2 unspecified atom stereocenters. The van der Waals surface area contributed by atoms with Crippen LogP contribution in [0.1, 0.15) is 40.5 Å². The maximum absolute atomic E-state index is 11.9. The normalized spacial score (nSPS) is 17.3. The largest absolute Gasteiger partial charge is 0.478 e. The lowest BCUT2D eigenvalue weighted by Gasteiger charge is -2.39. The fourth-order valence-electron chi connectivity index (χ4n) is 2.44. The second-order valence-corrected chi connectivity index (χ2v) is 5.13. The van der Waals surface area contributed by atoms with E-state index in [0.717, 1.165) is 12.8 Å². The molecule has 1 N–H and O–H groups in total. The highest BCUT2D eigenvalue weighted by Crippen LogP contribution is 2.36. The number of carboxylic acids is 1. The lowest BCUT2D eigenvalue weighted by atomic mass is 9.75. The van der Waals surface area contributed by atoms with E-state index < -0.39 is 11.6 Å². The van der Waals surface area contributed by atoms with Crippen molar-refractivity contribution in [3.63, 3.8) is 0 Å². The molecular formula is C16H24O3. The molecule has 0 saturated heterocycles. The first kappa shape index (κ1) is 15.5.